The lowest BCUT2D eigenvalue weighted by atomic mass is 10.1. The van der Waals surface area contributed by atoms with Gasteiger partial charge in [-0.2, -0.15) is 0 Å². The fourth-order valence-electron chi connectivity index (χ4n) is 2.42. The number of rotatable bonds is 5. The van der Waals surface area contributed by atoms with Crippen molar-refractivity contribution in [3.8, 4) is 0 Å². The van der Waals surface area contributed by atoms with Crippen molar-refractivity contribution in [1.29, 1.82) is 0 Å². The number of fused-ring (bicyclic) bond motifs is 1. The average molecular weight is 331 g/mol. The second-order valence-corrected chi connectivity index (χ2v) is 7.28. The highest BCUT2D eigenvalue weighted by molar-refractivity contribution is 7.88. The maximum Gasteiger partial charge on any atom is 0.326 e. The molecule has 0 saturated carbocycles. The summed E-state index contributed by atoms with van der Waals surface area (Å²) in [5, 5.41) is 0. The van der Waals surface area contributed by atoms with Crippen LogP contribution in [0.25, 0.3) is 11.0 Å². The zero-order chi connectivity index (χ0) is 16.4. The Labute approximate surface area is 133 Å². The Bertz CT molecular complexity index is 985. The number of benzene rings is 2. The van der Waals surface area contributed by atoms with E-state index < -0.39 is 10.0 Å². The minimum Gasteiger partial charge on any atom is -0.306 e. The number of H-pyrrole nitrogens is 1. The summed E-state index contributed by atoms with van der Waals surface area (Å²) in [5.41, 5.74) is 3.37. The fourth-order valence-corrected chi connectivity index (χ4v) is 2.85. The summed E-state index contributed by atoms with van der Waals surface area (Å²) in [6.45, 7) is 0.717. The molecule has 1 aromatic heterocycles. The van der Waals surface area contributed by atoms with Crippen molar-refractivity contribution < 1.29 is 8.42 Å². The summed E-state index contributed by atoms with van der Waals surface area (Å²) in [6, 6.07) is 15.0. The summed E-state index contributed by atoms with van der Waals surface area (Å²) in [6.07, 6.45) is 1.13. The molecular formula is C16H17N3O3S. The van der Waals surface area contributed by atoms with Gasteiger partial charge in [-0.25, -0.2) is 17.9 Å². The highest BCUT2D eigenvalue weighted by Crippen LogP contribution is 2.12. The summed E-state index contributed by atoms with van der Waals surface area (Å²) >= 11 is 0. The maximum atomic E-state index is 12.1. The van der Waals surface area contributed by atoms with Crippen molar-refractivity contribution in [2.24, 2.45) is 0 Å². The Morgan fingerprint density at radius 2 is 1.70 bits per heavy atom. The molecular weight excluding hydrogens is 314 g/mol. The van der Waals surface area contributed by atoms with Gasteiger partial charge in [0.05, 0.1) is 23.8 Å². The molecule has 0 saturated heterocycles. The van der Waals surface area contributed by atoms with Gasteiger partial charge in [-0.1, -0.05) is 36.4 Å². The van der Waals surface area contributed by atoms with Crippen LogP contribution in [-0.2, 0) is 23.1 Å². The van der Waals surface area contributed by atoms with E-state index in [1.807, 2.05) is 48.5 Å². The highest BCUT2D eigenvalue weighted by Gasteiger charge is 2.07. The fraction of sp³-hybridized carbons (Fsp3) is 0.188. The van der Waals surface area contributed by atoms with Gasteiger partial charge in [0.25, 0.3) is 0 Å². The van der Waals surface area contributed by atoms with Crippen LogP contribution in [0.2, 0.25) is 0 Å². The summed E-state index contributed by atoms with van der Waals surface area (Å²) in [4.78, 5) is 14.9. The van der Waals surface area contributed by atoms with Gasteiger partial charge in [-0.05, 0) is 23.3 Å². The summed E-state index contributed by atoms with van der Waals surface area (Å²) < 4.78 is 26.3. The van der Waals surface area contributed by atoms with Gasteiger partial charge in [0.15, 0.2) is 0 Å². The van der Waals surface area contributed by atoms with Crippen molar-refractivity contribution in [3.63, 3.8) is 0 Å². The molecule has 7 heteroatoms. The van der Waals surface area contributed by atoms with Crippen LogP contribution < -0.4 is 10.4 Å². The van der Waals surface area contributed by atoms with E-state index in [1.54, 1.807) is 4.57 Å². The van der Waals surface area contributed by atoms with E-state index >= 15 is 0 Å². The average Bonchev–Trinajstić information content (AvgIpc) is 2.82. The standard InChI is InChI=1S/C16H17N3O3S/c1-23(21,22)17-10-12-6-8-13(9-7-12)11-19-15-5-3-2-4-14(15)18-16(19)20/h2-9,17H,10-11H2,1H3,(H,18,20). The lowest BCUT2D eigenvalue weighted by Crippen LogP contribution is -2.21. The van der Waals surface area contributed by atoms with Gasteiger partial charge in [0.2, 0.25) is 10.0 Å². The predicted molar refractivity (Wildman–Crippen MR) is 89.8 cm³/mol. The third-order valence-corrected chi connectivity index (χ3v) is 4.25. The number of hydrogen-bond acceptors (Lipinski definition) is 3. The number of aromatic amines is 1. The molecule has 3 rings (SSSR count). The Hall–Kier alpha value is -2.38. The molecule has 23 heavy (non-hydrogen) atoms. The van der Waals surface area contributed by atoms with Gasteiger partial charge in [0.1, 0.15) is 0 Å². The molecule has 0 radical (unpaired) electrons. The number of para-hydroxylation sites is 2. The summed E-state index contributed by atoms with van der Waals surface area (Å²) in [5.74, 6) is 0. The minimum atomic E-state index is -3.20. The number of imidazole rings is 1. The first-order valence-electron chi connectivity index (χ1n) is 7.12. The predicted octanol–water partition coefficient (Wildman–Crippen LogP) is 1.43. The molecule has 0 amide bonds. The molecule has 0 aliphatic carbocycles. The molecule has 0 fully saturated rings. The third-order valence-electron chi connectivity index (χ3n) is 3.58. The minimum absolute atomic E-state index is 0.144. The topological polar surface area (TPSA) is 84.0 Å². The molecule has 0 aliphatic heterocycles. The van der Waals surface area contributed by atoms with Crippen molar-refractivity contribution in [3.05, 3.63) is 70.1 Å². The monoisotopic (exact) mass is 331 g/mol. The van der Waals surface area contributed by atoms with E-state index in [0.29, 0.717) is 6.54 Å². The smallest absolute Gasteiger partial charge is 0.306 e. The number of aromatic nitrogens is 2. The molecule has 120 valence electrons. The van der Waals surface area contributed by atoms with Gasteiger partial charge in [-0.3, -0.25) is 4.57 Å². The van der Waals surface area contributed by atoms with Crippen LogP contribution in [0, 0.1) is 0 Å². The van der Waals surface area contributed by atoms with Crippen LogP contribution in [0.4, 0.5) is 0 Å². The first-order chi connectivity index (χ1) is 10.9. The molecule has 2 aromatic carbocycles. The number of nitrogens with one attached hydrogen (secondary N) is 2. The maximum absolute atomic E-state index is 12.1. The van der Waals surface area contributed by atoms with Gasteiger partial charge in [-0.15, -0.1) is 0 Å². The molecule has 0 spiro atoms. The molecule has 0 aliphatic rings. The van der Waals surface area contributed by atoms with Crippen LogP contribution in [-0.4, -0.2) is 24.2 Å². The van der Waals surface area contributed by atoms with E-state index in [1.165, 1.54) is 0 Å². The lowest BCUT2D eigenvalue weighted by Gasteiger charge is -2.06. The highest BCUT2D eigenvalue weighted by atomic mass is 32.2. The molecule has 0 bridgehead atoms. The van der Waals surface area contributed by atoms with Crippen LogP contribution in [0.1, 0.15) is 11.1 Å². The molecule has 6 nitrogen and oxygen atoms in total. The SMILES string of the molecule is CS(=O)(=O)NCc1ccc(Cn2c(=O)[nH]c3ccccc32)cc1. The first-order valence-corrected chi connectivity index (χ1v) is 9.01. The zero-order valence-corrected chi connectivity index (χ0v) is 13.4. The molecule has 0 unspecified atom stereocenters. The van der Waals surface area contributed by atoms with Crippen LogP contribution >= 0.6 is 0 Å². The largest absolute Gasteiger partial charge is 0.326 e. The van der Waals surface area contributed by atoms with Crippen molar-refractivity contribution >= 4 is 21.1 Å². The Balaban J connectivity index is 1.80. The number of nitrogens with zero attached hydrogens (tertiary/aromatic N) is 1. The van der Waals surface area contributed by atoms with E-state index in [2.05, 4.69) is 9.71 Å². The Kier molecular flexibility index (Phi) is 4.06. The number of sulfonamides is 1. The summed E-state index contributed by atoms with van der Waals surface area (Å²) in [7, 11) is -3.20. The second kappa shape index (κ2) is 6.02. The van der Waals surface area contributed by atoms with E-state index in [-0.39, 0.29) is 12.2 Å². The van der Waals surface area contributed by atoms with Crippen LogP contribution in [0.3, 0.4) is 0 Å². The molecule has 0 atom stereocenters. The Morgan fingerprint density at radius 1 is 1.04 bits per heavy atom. The molecule has 2 N–H and O–H groups in total. The van der Waals surface area contributed by atoms with Crippen molar-refractivity contribution in [2.75, 3.05) is 6.26 Å². The van der Waals surface area contributed by atoms with Crippen molar-refractivity contribution in [1.82, 2.24) is 14.3 Å². The van der Waals surface area contributed by atoms with Gasteiger partial charge < -0.3 is 4.98 Å². The van der Waals surface area contributed by atoms with Gasteiger partial charge in [0, 0.05) is 6.54 Å². The van der Waals surface area contributed by atoms with E-state index in [9.17, 15) is 13.2 Å². The Morgan fingerprint density at radius 3 is 2.39 bits per heavy atom. The third kappa shape index (κ3) is 3.69. The van der Waals surface area contributed by atoms with E-state index in [4.69, 9.17) is 0 Å². The van der Waals surface area contributed by atoms with Crippen LogP contribution in [0.15, 0.2) is 53.3 Å². The number of hydrogen-bond donors (Lipinski definition) is 2. The van der Waals surface area contributed by atoms with Crippen LogP contribution in [0.5, 0.6) is 0 Å². The van der Waals surface area contributed by atoms with Crippen molar-refractivity contribution in [2.45, 2.75) is 13.1 Å². The molecule has 1 heterocycles. The second-order valence-electron chi connectivity index (χ2n) is 5.44. The zero-order valence-electron chi connectivity index (χ0n) is 12.6. The first kappa shape index (κ1) is 15.5. The molecule has 3 aromatic rings. The van der Waals surface area contributed by atoms with Gasteiger partial charge >= 0.3 is 5.69 Å². The normalized spacial score (nSPS) is 11.9. The van der Waals surface area contributed by atoms with E-state index in [0.717, 1.165) is 28.4 Å². The quantitative estimate of drug-likeness (QED) is 0.742. The lowest BCUT2D eigenvalue weighted by molar-refractivity contribution is 0.587.